The first kappa shape index (κ1) is 26.7. The second kappa shape index (κ2) is 10.0. The van der Waals surface area contributed by atoms with E-state index in [1.54, 1.807) is 35.2 Å². The van der Waals surface area contributed by atoms with Gasteiger partial charge in [0.05, 0.1) is 0 Å². The lowest BCUT2D eigenvalue weighted by Gasteiger charge is -2.47. The van der Waals surface area contributed by atoms with Crippen molar-refractivity contribution in [2.45, 2.75) is 24.0 Å². The number of thioether (sulfide) groups is 1. The molecule has 0 saturated carbocycles. The van der Waals surface area contributed by atoms with Gasteiger partial charge in [0.15, 0.2) is 0 Å². The smallest absolute Gasteiger partial charge is 0.477 e. The normalized spacial score (nSPS) is 22.6. The van der Waals surface area contributed by atoms with Crippen LogP contribution in [0.2, 0.25) is 0 Å². The standard InChI is InChI=1S/C19H18N4O5S.C2HF3O2/c20-13-17(26)23-14(19(27)28)11(8-29-18(13)23)7-10-5-6-22(16(10)25)12-3-1-9(2-4-12)15(21)24;3-2(4,5)1(6)7/h1-4,7,13,18H,5-6,8,20H2,(H2,21,24)(H,27,28);(H,6,7)/t13-,18-;/m1./s1. The van der Waals surface area contributed by atoms with Crippen molar-refractivity contribution < 1.29 is 47.4 Å². The van der Waals surface area contributed by atoms with Gasteiger partial charge in [-0.3, -0.25) is 19.3 Å². The summed E-state index contributed by atoms with van der Waals surface area (Å²) in [5, 5.41) is 16.4. The lowest BCUT2D eigenvalue weighted by Crippen LogP contribution is -2.68. The van der Waals surface area contributed by atoms with Gasteiger partial charge < -0.3 is 26.6 Å². The summed E-state index contributed by atoms with van der Waals surface area (Å²) in [4.78, 5) is 59.5. The van der Waals surface area contributed by atoms with E-state index >= 15 is 0 Å². The Kier molecular flexibility index (Phi) is 7.45. The van der Waals surface area contributed by atoms with E-state index < -0.39 is 36.0 Å². The zero-order chi connectivity index (χ0) is 26.9. The molecule has 2 atom stereocenters. The molecule has 0 radical (unpaired) electrons. The summed E-state index contributed by atoms with van der Waals surface area (Å²) in [5.74, 6) is -4.84. The van der Waals surface area contributed by atoms with E-state index in [4.69, 9.17) is 21.4 Å². The largest absolute Gasteiger partial charge is 0.490 e. The predicted molar refractivity (Wildman–Crippen MR) is 119 cm³/mol. The molecule has 2 fully saturated rings. The van der Waals surface area contributed by atoms with Gasteiger partial charge in [-0.2, -0.15) is 13.2 Å². The molecule has 0 unspecified atom stereocenters. The molecule has 0 bridgehead atoms. The fourth-order valence-electron chi connectivity index (χ4n) is 3.66. The number of carbonyl (C=O) groups is 5. The van der Waals surface area contributed by atoms with E-state index in [9.17, 15) is 37.5 Å². The van der Waals surface area contributed by atoms with Crippen LogP contribution in [0.3, 0.4) is 0 Å². The zero-order valence-corrected chi connectivity index (χ0v) is 19.0. The molecule has 1 aromatic carbocycles. The predicted octanol–water partition coefficient (Wildman–Crippen LogP) is 0.663. The van der Waals surface area contributed by atoms with Gasteiger partial charge in [0.2, 0.25) is 11.8 Å². The number of primary amides is 1. The average Bonchev–Trinajstić information content (AvgIpc) is 3.17. The Labute approximate surface area is 205 Å². The number of carboxylic acids is 2. The van der Waals surface area contributed by atoms with Gasteiger partial charge in [-0.1, -0.05) is 0 Å². The Bertz CT molecular complexity index is 1200. The summed E-state index contributed by atoms with van der Waals surface area (Å²) in [6.45, 7) is 0.430. The van der Waals surface area contributed by atoms with Crippen LogP contribution in [0.15, 0.2) is 47.2 Å². The minimum absolute atomic E-state index is 0.106. The van der Waals surface area contributed by atoms with Crippen LogP contribution in [0.5, 0.6) is 0 Å². The number of hydrogen-bond acceptors (Lipinski definition) is 7. The molecule has 2 saturated heterocycles. The van der Waals surface area contributed by atoms with Crippen LogP contribution in [0.1, 0.15) is 16.8 Å². The number of carbonyl (C=O) groups excluding carboxylic acids is 3. The van der Waals surface area contributed by atoms with Gasteiger partial charge in [-0.05, 0) is 42.3 Å². The van der Waals surface area contributed by atoms with E-state index in [0.29, 0.717) is 41.1 Å². The highest BCUT2D eigenvalue weighted by molar-refractivity contribution is 8.00. The van der Waals surface area contributed by atoms with Crippen molar-refractivity contribution in [2.75, 3.05) is 17.2 Å². The molecular formula is C21H19F3N4O7S. The van der Waals surface area contributed by atoms with E-state index in [1.807, 2.05) is 0 Å². The number of carboxylic acid groups (broad SMARTS) is 2. The number of alkyl halides is 3. The molecule has 1 aromatic rings. The summed E-state index contributed by atoms with van der Waals surface area (Å²) in [6.07, 6.45) is -3.07. The third-order valence-corrected chi connectivity index (χ3v) is 6.74. The number of nitrogens with zero attached hydrogens (tertiary/aromatic N) is 2. The molecule has 3 aliphatic heterocycles. The number of amides is 3. The van der Waals surface area contributed by atoms with Crippen LogP contribution < -0.4 is 16.4 Å². The Morgan fingerprint density at radius 3 is 2.19 bits per heavy atom. The van der Waals surface area contributed by atoms with Crippen molar-refractivity contribution >= 4 is 47.1 Å². The highest BCUT2D eigenvalue weighted by atomic mass is 32.2. The lowest BCUT2D eigenvalue weighted by molar-refractivity contribution is -0.192. The minimum Gasteiger partial charge on any atom is -0.477 e. The highest BCUT2D eigenvalue weighted by Crippen LogP contribution is 2.40. The molecule has 0 aromatic heterocycles. The minimum atomic E-state index is -5.08. The van der Waals surface area contributed by atoms with E-state index in [2.05, 4.69) is 0 Å². The van der Waals surface area contributed by atoms with E-state index in [-0.39, 0.29) is 17.0 Å². The molecule has 3 amide bonds. The number of anilines is 1. The molecule has 4 rings (SSSR count). The number of allylic oxidation sites excluding steroid dienone is 1. The molecule has 6 N–H and O–H groups in total. The summed E-state index contributed by atoms with van der Waals surface area (Å²) < 4.78 is 31.7. The lowest BCUT2D eigenvalue weighted by atomic mass is 10.0. The maximum absolute atomic E-state index is 12.8. The zero-order valence-electron chi connectivity index (χ0n) is 18.2. The molecule has 3 aliphatic rings. The van der Waals surface area contributed by atoms with Crippen LogP contribution >= 0.6 is 11.8 Å². The molecule has 36 heavy (non-hydrogen) atoms. The first-order chi connectivity index (χ1) is 16.7. The summed E-state index contributed by atoms with van der Waals surface area (Å²) in [5.41, 5.74) is 12.7. The van der Waals surface area contributed by atoms with Crippen LogP contribution in [0.25, 0.3) is 0 Å². The number of aliphatic carboxylic acids is 2. The topological polar surface area (TPSA) is 184 Å². The monoisotopic (exact) mass is 528 g/mol. The number of rotatable bonds is 4. The average molecular weight is 528 g/mol. The molecule has 192 valence electrons. The van der Waals surface area contributed by atoms with Crippen molar-refractivity contribution in [3.05, 3.63) is 52.7 Å². The van der Waals surface area contributed by atoms with Crippen LogP contribution in [0.4, 0.5) is 18.9 Å². The molecule has 11 nitrogen and oxygen atoms in total. The number of halogens is 3. The first-order valence-corrected chi connectivity index (χ1v) is 11.2. The maximum Gasteiger partial charge on any atom is 0.490 e. The highest BCUT2D eigenvalue weighted by Gasteiger charge is 2.51. The van der Waals surface area contributed by atoms with Crippen molar-refractivity contribution in [2.24, 2.45) is 11.5 Å². The second-order valence-corrected chi connectivity index (χ2v) is 8.81. The molecule has 15 heteroatoms. The van der Waals surface area contributed by atoms with Crippen LogP contribution in [0, 0.1) is 0 Å². The van der Waals surface area contributed by atoms with Gasteiger partial charge in [0.25, 0.3) is 5.91 Å². The van der Waals surface area contributed by atoms with E-state index in [0.717, 1.165) is 0 Å². The van der Waals surface area contributed by atoms with Crippen molar-refractivity contribution in [1.82, 2.24) is 4.90 Å². The number of β-lactam (4-membered cyclic amide) rings is 1. The SMILES string of the molecule is NC(=O)c1ccc(N2CCC(=CC3=C(C(=O)O)N4C(=O)[C@@H](N)[C@H]4SC3)C2=O)cc1.O=C(O)C(F)(F)F. The maximum atomic E-state index is 12.8. The van der Waals surface area contributed by atoms with Crippen LogP contribution in [-0.2, 0) is 19.2 Å². The van der Waals surface area contributed by atoms with Crippen LogP contribution in [-0.4, -0.2) is 74.7 Å². The number of fused-ring (bicyclic) bond motifs is 1. The van der Waals surface area contributed by atoms with Crippen molar-refractivity contribution in [1.29, 1.82) is 0 Å². The molecular weight excluding hydrogens is 509 g/mol. The summed E-state index contributed by atoms with van der Waals surface area (Å²) >= 11 is 1.39. The fourth-order valence-corrected chi connectivity index (χ4v) is 4.91. The number of benzene rings is 1. The van der Waals surface area contributed by atoms with Gasteiger partial charge >= 0.3 is 18.1 Å². The van der Waals surface area contributed by atoms with Crippen molar-refractivity contribution in [3.63, 3.8) is 0 Å². The van der Waals surface area contributed by atoms with Gasteiger partial charge in [0, 0.05) is 29.1 Å². The van der Waals surface area contributed by atoms with E-state index in [1.165, 1.54) is 16.7 Å². The molecule has 3 heterocycles. The van der Waals surface area contributed by atoms with Gasteiger partial charge in [-0.25, -0.2) is 9.59 Å². The Hall–Kier alpha value is -3.85. The quantitative estimate of drug-likeness (QED) is 0.322. The molecule has 0 spiro atoms. The fraction of sp³-hybridized carbons (Fsp3) is 0.286. The summed E-state index contributed by atoms with van der Waals surface area (Å²) in [6, 6.07) is 5.69. The second-order valence-electron chi connectivity index (χ2n) is 7.70. The van der Waals surface area contributed by atoms with Gasteiger partial charge in [-0.15, -0.1) is 11.8 Å². The third-order valence-electron chi connectivity index (χ3n) is 5.42. The number of hydrogen-bond donors (Lipinski definition) is 4. The third kappa shape index (κ3) is 5.21. The molecule has 0 aliphatic carbocycles. The van der Waals surface area contributed by atoms with Crippen molar-refractivity contribution in [3.8, 4) is 0 Å². The Morgan fingerprint density at radius 2 is 1.69 bits per heavy atom. The number of nitrogens with two attached hydrogens (primary N) is 2. The van der Waals surface area contributed by atoms with Gasteiger partial charge in [0.1, 0.15) is 17.1 Å². The Morgan fingerprint density at radius 1 is 1.11 bits per heavy atom. The summed E-state index contributed by atoms with van der Waals surface area (Å²) in [7, 11) is 0. The Balaban J connectivity index is 0.000000454. The first-order valence-electron chi connectivity index (χ1n) is 10.1.